The maximum absolute atomic E-state index is 11.2. The van der Waals surface area contributed by atoms with E-state index in [9.17, 15) is 5.11 Å². The van der Waals surface area contributed by atoms with Crippen LogP contribution in [0.1, 0.15) is 30.9 Å². The molecule has 0 aliphatic rings. The molecule has 0 aliphatic carbocycles. The zero-order valence-electron chi connectivity index (χ0n) is 11.9. The van der Waals surface area contributed by atoms with Crippen molar-refractivity contribution in [3.05, 3.63) is 76.0 Å². The van der Waals surface area contributed by atoms with Gasteiger partial charge in [0.2, 0.25) is 0 Å². The van der Waals surface area contributed by atoms with Gasteiger partial charge in [0.15, 0.2) is 0 Å². The van der Waals surface area contributed by atoms with Crippen molar-refractivity contribution in [2.75, 3.05) is 0 Å². The maximum atomic E-state index is 11.2. The molecule has 4 heteroatoms. The summed E-state index contributed by atoms with van der Waals surface area (Å²) in [6, 6.07) is 9.10. The average molecular weight is 322 g/mol. The summed E-state index contributed by atoms with van der Waals surface area (Å²) in [7, 11) is 0. The number of nitrogens with zero attached hydrogens (tertiary/aromatic N) is 1. The first-order valence-corrected chi connectivity index (χ1v) is 7.47. The molecule has 1 heterocycles. The Balaban J connectivity index is 2.55. The van der Waals surface area contributed by atoms with Gasteiger partial charge in [-0.05, 0) is 24.6 Å². The normalized spacial score (nSPS) is 15.9. The van der Waals surface area contributed by atoms with Crippen molar-refractivity contribution < 1.29 is 5.11 Å². The van der Waals surface area contributed by atoms with Gasteiger partial charge in [-0.25, -0.2) is 0 Å². The molecule has 2 unspecified atom stereocenters. The number of benzene rings is 1. The highest BCUT2D eigenvalue weighted by molar-refractivity contribution is 6.42. The predicted molar refractivity (Wildman–Crippen MR) is 87.8 cm³/mol. The van der Waals surface area contributed by atoms with Gasteiger partial charge in [-0.3, -0.25) is 4.98 Å². The zero-order valence-corrected chi connectivity index (χ0v) is 13.4. The predicted octanol–water partition coefficient (Wildman–Crippen LogP) is 4.96. The fraction of sp³-hybridized carbons (Fsp3) is 0.235. The molecule has 2 nitrogen and oxygen atoms in total. The van der Waals surface area contributed by atoms with Crippen LogP contribution in [0.3, 0.4) is 0 Å². The van der Waals surface area contributed by atoms with Gasteiger partial charge >= 0.3 is 0 Å². The topological polar surface area (TPSA) is 33.1 Å². The molecule has 0 aliphatic heterocycles. The molecule has 0 spiro atoms. The summed E-state index contributed by atoms with van der Waals surface area (Å²) in [5, 5.41) is 12.1. The molecule has 21 heavy (non-hydrogen) atoms. The number of pyridine rings is 1. The Hall–Kier alpha value is -1.35. The Morgan fingerprint density at radius 3 is 2.62 bits per heavy atom. The van der Waals surface area contributed by atoms with Crippen molar-refractivity contribution in [2.45, 2.75) is 25.4 Å². The van der Waals surface area contributed by atoms with Crippen LogP contribution in [-0.2, 0) is 5.60 Å². The smallest absolute Gasteiger partial charge is 0.116 e. The van der Waals surface area contributed by atoms with E-state index in [1.165, 1.54) is 0 Å². The summed E-state index contributed by atoms with van der Waals surface area (Å²) in [6.45, 7) is 3.79. The van der Waals surface area contributed by atoms with Crippen LogP contribution in [-0.4, -0.2) is 10.1 Å². The number of halogens is 2. The summed E-state index contributed by atoms with van der Waals surface area (Å²) in [6.07, 6.45) is 6.92. The van der Waals surface area contributed by atoms with Crippen LogP contribution in [0.25, 0.3) is 0 Å². The van der Waals surface area contributed by atoms with Crippen LogP contribution in [0, 0.1) is 0 Å². The highest BCUT2D eigenvalue weighted by atomic mass is 35.5. The second-order valence-electron chi connectivity index (χ2n) is 4.93. The Labute approximate surface area is 135 Å². The van der Waals surface area contributed by atoms with E-state index in [1.54, 1.807) is 30.6 Å². The lowest BCUT2D eigenvalue weighted by atomic mass is 9.78. The minimum absolute atomic E-state index is 0.274. The van der Waals surface area contributed by atoms with Crippen molar-refractivity contribution in [3.63, 3.8) is 0 Å². The SMILES string of the molecule is CC=CC(O)(c1cccnc1)C(C)c1cccc(Cl)c1Cl. The Morgan fingerprint density at radius 1 is 1.24 bits per heavy atom. The zero-order chi connectivity index (χ0) is 15.5. The largest absolute Gasteiger partial charge is 0.380 e. The summed E-state index contributed by atoms with van der Waals surface area (Å²) in [5.41, 5.74) is 0.317. The Kier molecular flexibility index (Phi) is 5.04. The molecule has 2 rings (SSSR count). The van der Waals surface area contributed by atoms with Gasteiger partial charge in [0.05, 0.1) is 10.0 Å². The van der Waals surface area contributed by atoms with Crippen LogP contribution in [0.5, 0.6) is 0 Å². The minimum atomic E-state index is -1.20. The highest BCUT2D eigenvalue weighted by Gasteiger charge is 2.35. The first kappa shape index (κ1) is 16.0. The molecular formula is C17H17Cl2NO. The minimum Gasteiger partial charge on any atom is -0.380 e. The molecule has 1 aromatic carbocycles. The Morgan fingerprint density at radius 2 is 2.00 bits per heavy atom. The number of hydrogen-bond acceptors (Lipinski definition) is 2. The average Bonchev–Trinajstić information content (AvgIpc) is 2.50. The third-order valence-electron chi connectivity index (χ3n) is 3.65. The molecule has 2 aromatic rings. The molecule has 0 radical (unpaired) electrons. The van der Waals surface area contributed by atoms with Crippen molar-refractivity contribution in [3.8, 4) is 0 Å². The number of aromatic nitrogens is 1. The molecule has 1 N–H and O–H groups in total. The third-order valence-corrected chi connectivity index (χ3v) is 4.49. The maximum Gasteiger partial charge on any atom is 0.116 e. The van der Waals surface area contributed by atoms with E-state index in [1.807, 2.05) is 38.1 Å². The summed E-state index contributed by atoms with van der Waals surface area (Å²) >= 11 is 12.4. The number of rotatable bonds is 4. The van der Waals surface area contributed by atoms with E-state index < -0.39 is 5.60 Å². The number of aliphatic hydroxyl groups is 1. The Bertz CT molecular complexity index is 642. The molecule has 1 aromatic heterocycles. The highest BCUT2D eigenvalue weighted by Crippen LogP contribution is 2.42. The molecule has 0 saturated heterocycles. The molecule has 2 atom stereocenters. The summed E-state index contributed by atoms with van der Waals surface area (Å²) in [5.74, 6) is -0.274. The third kappa shape index (κ3) is 3.13. The number of allylic oxidation sites excluding steroid dienone is 1. The molecule has 0 saturated carbocycles. The van der Waals surface area contributed by atoms with Crippen molar-refractivity contribution in [2.24, 2.45) is 0 Å². The van der Waals surface area contributed by atoms with Crippen LogP contribution in [0.4, 0.5) is 0 Å². The van der Waals surface area contributed by atoms with Gasteiger partial charge in [-0.15, -0.1) is 0 Å². The monoisotopic (exact) mass is 321 g/mol. The molecular weight excluding hydrogens is 305 g/mol. The van der Waals surface area contributed by atoms with Crippen molar-refractivity contribution in [1.29, 1.82) is 0 Å². The van der Waals surface area contributed by atoms with Gasteiger partial charge in [0.1, 0.15) is 5.60 Å². The van der Waals surface area contributed by atoms with Crippen LogP contribution in [0.2, 0.25) is 10.0 Å². The number of hydrogen-bond donors (Lipinski definition) is 1. The quantitative estimate of drug-likeness (QED) is 0.808. The van der Waals surface area contributed by atoms with Gasteiger partial charge in [0, 0.05) is 23.9 Å². The summed E-state index contributed by atoms with van der Waals surface area (Å²) < 4.78 is 0. The lowest BCUT2D eigenvalue weighted by Crippen LogP contribution is -2.30. The lowest BCUT2D eigenvalue weighted by Gasteiger charge is -2.32. The van der Waals surface area contributed by atoms with E-state index in [4.69, 9.17) is 23.2 Å². The summed E-state index contributed by atoms with van der Waals surface area (Å²) in [4.78, 5) is 4.10. The van der Waals surface area contributed by atoms with Gasteiger partial charge in [-0.1, -0.05) is 60.5 Å². The van der Waals surface area contributed by atoms with Crippen LogP contribution >= 0.6 is 23.2 Å². The van der Waals surface area contributed by atoms with Crippen LogP contribution < -0.4 is 0 Å². The van der Waals surface area contributed by atoms with E-state index in [-0.39, 0.29) is 5.92 Å². The van der Waals surface area contributed by atoms with Crippen molar-refractivity contribution in [1.82, 2.24) is 4.98 Å². The second-order valence-corrected chi connectivity index (χ2v) is 5.72. The molecule has 0 amide bonds. The molecule has 0 fully saturated rings. The van der Waals surface area contributed by atoms with Crippen molar-refractivity contribution >= 4 is 23.2 Å². The molecule has 110 valence electrons. The second kappa shape index (κ2) is 6.61. The first-order chi connectivity index (χ1) is 10.0. The van der Waals surface area contributed by atoms with E-state index in [2.05, 4.69) is 4.98 Å². The van der Waals surface area contributed by atoms with E-state index >= 15 is 0 Å². The first-order valence-electron chi connectivity index (χ1n) is 6.71. The fourth-order valence-corrected chi connectivity index (χ4v) is 2.91. The van der Waals surface area contributed by atoms with E-state index in [0.717, 1.165) is 5.56 Å². The van der Waals surface area contributed by atoms with Crippen LogP contribution in [0.15, 0.2) is 54.9 Å². The van der Waals surface area contributed by atoms with E-state index in [0.29, 0.717) is 15.6 Å². The standard InChI is InChI=1S/C17H17Cl2NO/c1-3-9-17(21,13-6-5-10-20-11-13)12(2)14-7-4-8-15(18)16(14)19/h3-12,21H,1-2H3. The molecule has 0 bridgehead atoms. The van der Waals surface area contributed by atoms with Gasteiger partial charge in [-0.2, -0.15) is 0 Å². The lowest BCUT2D eigenvalue weighted by molar-refractivity contribution is 0.0634. The fourth-order valence-electron chi connectivity index (χ4n) is 2.44. The van der Waals surface area contributed by atoms with Gasteiger partial charge < -0.3 is 5.11 Å². The van der Waals surface area contributed by atoms with Gasteiger partial charge in [0.25, 0.3) is 0 Å².